The molecule has 0 saturated heterocycles. The number of hydrogen-bond acceptors (Lipinski definition) is 8. The number of carboxylic acid groups (broad SMARTS) is 1. The van der Waals surface area contributed by atoms with E-state index in [9.17, 15) is 19.5 Å². The number of carboxylic acids is 1. The lowest BCUT2D eigenvalue weighted by molar-refractivity contribution is -0.142. The van der Waals surface area contributed by atoms with Crippen molar-refractivity contribution in [3.05, 3.63) is 45.3 Å². The third-order valence-electron chi connectivity index (χ3n) is 5.08. The molecular weight excluding hydrogens is 464 g/mol. The minimum absolute atomic E-state index is 0.185. The normalized spacial score (nSPS) is 13.0. The topological polar surface area (TPSA) is 119 Å². The van der Waals surface area contributed by atoms with Crippen molar-refractivity contribution in [1.82, 2.24) is 10.3 Å². The molecule has 10 heteroatoms. The molecule has 0 fully saturated rings. The zero-order valence-electron chi connectivity index (χ0n) is 18.8. The maximum absolute atomic E-state index is 13.1. The molecule has 0 radical (unpaired) electrons. The van der Waals surface area contributed by atoms with Crippen molar-refractivity contribution in [3.63, 3.8) is 0 Å². The van der Waals surface area contributed by atoms with Crippen molar-refractivity contribution in [2.45, 2.75) is 45.8 Å². The van der Waals surface area contributed by atoms with Gasteiger partial charge in [-0.3, -0.25) is 9.59 Å². The lowest BCUT2D eigenvalue weighted by atomic mass is 10.1. The van der Waals surface area contributed by atoms with Gasteiger partial charge in [-0.15, -0.1) is 11.3 Å². The summed E-state index contributed by atoms with van der Waals surface area (Å²) in [7, 11) is 0. The average Bonchev–Trinajstić information content (AvgIpc) is 3.22. The second-order valence-corrected chi connectivity index (χ2v) is 9.37. The van der Waals surface area contributed by atoms with Crippen LogP contribution >= 0.6 is 23.1 Å². The van der Waals surface area contributed by atoms with Gasteiger partial charge in [0.15, 0.2) is 6.10 Å². The number of fused-ring (bicyclic) bond motifs is 1. The van der Waals surface area contributed by atoms with E-state index in [4.69, 9.17) is 9.15 Å². The maximum Gasteiger partial charge on any atom is 0.326 e. The van der Waals surface area contributed by atoms with Crippen LogP contribution in [0.1, 0.15) is 31.5 Å². The number of nitrogens with zero attached hydrogens (tertiary/aromatic N) is 1. The molecule has 1 amide bonds. The van der Waals surface area contributed by atoms with E-state index in [1.54, 1.807) is 19.1 Å². The fourth-order valence-corrected chi connectivity index (χ4v) is 4.51. The molecule has 0 aliphatic rings. The van der Waals surface area contributed by atoms with Crippen LogP contribution in [0.4, 0.5) is 0 Å². The number of carbonyl (C=O) groups is 2. The van der Waals surface area contributed by atoms with Gasteiger partial charge in [0.2, 0.25) is 5.43 Å². The van der Waals surface area contributed by atoms with Crippen LogP contribution < -0.4 is 15.5 Å². The molecule has 176 valence electrons. The summed E-state index contributed by atoms with van der Waals surface area (Å²) in [4.78, 5) is 41.4. The van der Waals surface area contributed by atoms with Crippen molar-refractivity contribution < 1.29 is 23.8 Å². The van der Waals surface area contributed by atoms with Crippen LogP contribution in [-0.2, 0) is 16.0 Å². The van der Waals surface area contributed by atoms with Crippen LogP contribution in [-0.4, -0.2) is 46.1 Å². The predicted octanol–water partition coefficient (Wildman–Crippen LogP) is 3.88. The van der Waals surface area contributed by atoms with Crippen molar-refractivity contribution in [1.29, 1.82) is 0 Å². The number of carbonyl (C=O) groups excluding carboxylic acids is 1. The van der Waals surface area contributed by atoms with Gasteiger partial charge in [-0.25, -0.2) is 9.78 Å². The Bertz CT molecular complexity index is 1220. The number of hydrogen-bond donors (Lipinski definition) is 2. The third-order valence-corrected chi connectivity index (χ3v) is 6.72. The van der Waals surface area contributed by atoms with Crippen molar-refractivity contribution in [2.24, 2.45) is 0 Å². The SMILES string of the molecule is CCc1cc2c(=O)c(-c3nc(C)cs3)coc2cc1O[C@@H](C)C(=O)N[C@@H](CCSC)C(=O)O. The Morgan fingerprint density at radius 1 is 1.36 bits per heavy atom. The third kappa shape index (κ3) is 5.75. The lowest BCUT2D eigenvalue weighted by Gasteiger charge is -2.20. The molecule has 0 saturated carbocycles. The second kappa shape index (κ2) is 10.8. The average molecular weight is 491 g/mol. The summed E-state index contributed by atoms with van der Waals surface area (Å²) in [6, 6.07) is 2.33. The fraction of sp³-hybridized carbons (Fsp3) is 0.391. The fourth-order valence-electron chi connectivity index (χ4n) is 3.24. The highest BCUT2D eigenvalue weighted by Gasteiger charge is 2.24. The molecule has 2 N–H and O–H groups in total. The summed E-state index contributed by atoms with van der Waals surface area (Å²) in [5.41, 5.74) is 2.11. The number of benzene rings is 1. The van der Waals surface area contributed by atoms with Crippen LogP contribution in [0.3, 0.4) is 0 Å². The standard InChI is InChI=1S/C23H26N2O6S2/c1-5-14-8-15-19(30-10-16(20(15)26)22-24-12(2)11-33-22)9-18(14)31-13(3)21(27)25-17(23(28)29)6-7-32-4/h8-11,13,17H,5-7H2,1-4H3,(H,25,27)(H,28,29)/t13-,17-/m0/s1. The number of nitrogens with one attached hydrogen (secondary N) is 1. The summed E-state index contributed by atoms with van der Waals surface area (Å²) in [6.45, 7) is 5.33. The number of amides is 1. The molecular formula is C23H26N2O6S2. The van der Waals surface area contributed by atoms with Gasteiger partial charge in [0.05, 0.1) is 10.9 Å². The van der Waals surface area contributed by atoms with Crippen LogP contribution in [0.25, 0.3) is 21.5 Å². The summed E-state index contributed by atoms with van der Waals surface area (Å²) in [5.74, 6) is -0.595. The van der Waals surface area contributed by atoms with Crippen molar-refractivity contribution >= 4 is 45.9 Å². The molecule has 2 aromatic heterocycles. The van der Waals surface area contributed by atoms with Gasteiger partial charge in [-0.1, -0.05) is 6.92 Å². The van der Waals surface area contributed by atoms with Gasteiger partial charge in [0.1, 0.15) is 28.6 Å². The number of thioether (sulfide) groups is 1. The molecule has 0 bridgehead atoms. The predicted molar refractivity (Wildman–Crippen MR) is 130 cm³/mol. The Morgan fingerprint density at radius 2 is 2.12 bits per heavy atom. The van der Waals surface area contributed by atoms with Crippen molar-refractivity contribution in [3.8, 4) is 16.3 Å². The van der Waals surface area contributed by atoms with Crippen LogP contribution in [0.2, 0.25) is 0 Å². The van der Waals surface area contributed by atoms with E-state index < -0.39 is 24.0 Å². The Balaban J connectivity index is 1.86. The van der Waals surface area contributed by atoms with E-state index in [2.05, 4.69) is 10.3 Å². The summed E-state index contributed by atoms with van der Waals surface area (Å²) in [5, 5.41) is 14.7. The summed E-state index contributed by atoms with van der Waals surface area (Å²) >= 11 is 2.89. The first kappa shape index (κ1) is 24.8. The molecule has 3 aromatic rings. The highest BCUT2D eigenvalue weighted by atomic mass is 32.2. The number of thiazole rings is 1. The minimum atomic E-state index is -1.09. The zero-order chi connectivity index (χ0) is 24.1. The zero-order valence-corrected chi connectivity index (χ0v) is 20.5. The Kier molecular flexibility index (Phi) is 8.15. The van der Waals surface area contributed by atoms with E-state index in [1.807, 2.05) is 25.5 Å². The van der Waals surface area contributed by atoms with Gasteiger partial charge in [-0.05, 0) is 50.3 Å². The van der Waals surface area contributed by atoms with Gasteiger partial charge in [0.25, 0.3) is 5.91 Å². The van der Waals surface area contributed by atoms with Gasteiger partial charge in [0, 0.05) is 17.1 Å². The first-order valence-electron chi connectivity index (χ1n) is 10.4. The largest absolute Gasteiger partial charge is 0.480 e. The molecule has 0 aliphatic heterocycles. The van der Waals surface area contributed by atoms with Gasteiger partial charge >= 0.3 is 5.97 Å². The molecule has 3 rings (SSSR count). The first-order chi connectivity index (χ1) is 15.7. The van der Waals surface area contributed by atoms with E-state index in [1.165, 1.54) is 29.4 Å². The molecule has 8 nitrogen and oxygen atoms in total. The van der Waals surface area contributed by atoms with E-state index in [0.29, 0.717) is 45.9 Å². The van der Waals surface area contributed by atoms with E-state index in [0.717, 1.165) is 11.3 Å². The number of ether oxygens (including phenoxy) is 1. The van der Waals surface area contributed by atoms with Crippen molar-refractivity contribution in [2.75, 3.05) is 12.0 Å². The quantitative estimate of drug-likeness (QED) is 0.440. The smallest absolute Gasteiger partial charge is 0.326 e. The molecule has 0 spiro atoms. The van der Waals surface area contributed by atoms with Gasteiger partial charge < -0.3 is 19.6 Å². The molecule has 0 unspecified atom stereocenters. The molecule has 1 aromatic carbocycles. The Labute approximate surface area is 199 Å². The van der Waals surface area contributed by atoms with E-state index in [-0.39, 0.29) is 5.43 Å². The number of aromatic nitrogens is 1. The lowest BCUT2D eigenvalue weighted by Crippen LogP contribution is -2.46. The Hall–Kier alpha value is -2.85. The van der Waals surface area contributed by atoms with Crippen LogP contribution in [0.5, 0.6) is 5.75 Å². The summed E-state index contributed by atoms with van der Waals surface area (Å²) < 4.78 is 11.6. The summed E-state index contributed by atoms with van der Waals surface area (Å²) in [6.07, 6.45) is 3.20. The molecule has 0 aliphatic carbocycles. The maximum atomic E-state index is 13.1. The highest BCUT2D eigenvalue weighted by Crippen LogP contribution is 2.29. The monoisotopic (exact) mass is 490 g/mol. The number of rotatable bonds is 10. The van der Waals surface area contributed by atoms with Crippen LogP contribution in [0, 0.1) is 6.92 Å². The molecule has 2 atom stereocenters. The Morgan fingerprint density at radius 3 is 2.73 bits per heavy atom. The van der Waals surface area contributed by atoms with E-state index >= 15 is 0 Å². The molecule has 2 heterocycles. The minimum Gasteiger partial charge on any atom is -0.480 e. The first-order valence-corrected chi connectivity index (χ1v) is 12.7. The number of aryl methyl sites for hydroxylation is 2. The second-order valence-electron chi connectivity index (χ2n) is 7.52. The van der Waals surface area contributed by atoms with Gasteiger partial charge in [-0.2, -0.15) is 11.8 Å². The highest BCUT2D eigenvalue weighted by molar-refractivity contribution is 7.98. The number of aliphatic carboxylic acids is 1. The molecule has 33 heavy (non-hydrogen) atoms. The van der Waals surface area contributed by atoms with Crippen LogP contribution in [0.15, 0.2) is 33.0 Å².